The lowest BCUT2D eigenvalue weighted by Gasteiger charge is -2.36. The van der Waals surface area contributed by atoms with Crippen LogP contribution in [0.1, 0.15) is 39.4 Å². The normalized spacial score (nSPS) is 17.7. The van der Waals surface area contributed by atoms with Gasteiger partial charge in [0.05, 0.1) is 11.8 Å². The number of carbonyl (C=O) groups excluding carboxylic acids is 1. The van der Waals surface area contributed by atoms with E-state index in [4.69, 9.17) is 4.52 Å². The number of aryl methyl sites for hydroxylation is 1. The van der Waals surface area contributed by atoms with E-state index in [0.29, 0.717) is 24.3 Å². The number of rotatable bonds is 7. The Balaban J connectivity index is 1.84. The summed E-state index contributed by atoms with van der Waals surface area (Å²) in [6.45, 7) is 12.4. The number of amides is 1. The zero-order chi connectivity index (χ0) is 16.8. The molecule has 1 saturated heterocycles. The molecule has 0 unspecified atom stereocenters. The summed E-state index contributed by atoms with van der Waals surface area (Å²) in [5.41, 5.74) is 0. The highest BCUT2D eigenvalue weighted by Crippen LogP contribution is 2.22. The van der Waals surface area contributed by atoms with Crippen molar-refractivity contribution >= 4 is 17.7 Å². The summed E-state index contributed by atoms with van der Waals surface area (Å²) in [5, 5.41) is 4.08. The van der Waals surface area contributed by atoms with E-state index in [1.807, 2.05) is 11.8 Å². The Kier molecular flexibility index (Phi) is 6.89. The SMILES string of the molecule is CCS[C@@H](C(=O)N1CCN(Cc2noc(CC)n2)CC1)C(C)C. The van der Waals surface area contributed by atoms with Crippen molar-refractivity contribution < 1.29 is 9.32 Å². The van der Waals surface area contributed by atoms with Crippen LogP contribution in [-0.4, -0.2) is 63.0 Å². The highest BCUT2D eigenvalue weighted by atomic mass is 32.2. The van der Waals surface area contributed by atoms with E-state index in [1.165, 1.54) is 0 Å². The number of nitrogens with zero attached hydrogens (tertiary/aromatic N) is 4. The second-order valence-electron chi connectivity index (χ2n) is 6.18. The molecule has 0 radical (unpaired) electrons. The molecular weight excluding hydrogens is 312 g/mol. The Morgan fingerprint density at radius 3 is 2.48 bits per heavy atom. The number of carbonyl (C=O) groups is 1. The molecule has 1 aliphatic heterocycles. The second kappa shape index (κ2) is 8.68. The molecule has 0 aliphatic carbocycles. The van der Waals surface area contributed by atoms with E-state index in [9.17, 15) is 4.79 Å². The highest BCUT2D eigenvalue weighted by molar-refractivity contribution is 8.00. The average Bonchev–Trinajstić information content (AvgIpc) is 3.00. The van der Waals surface area contributed by atoms with Gasteiger partial charge in [0.25, 0.3) is 0 Å². The van der Waals surface area contributed by atoms with Crippen LogP contribution in [0.2, 0.25) is 0 Å². The molecule has 0 N–H and O–H groups in total. The molecule has 0 aromatic carbocycles. The maximum atomic E-state index is 12.7. The monoisotopic (exact) mass is 340 g/mol. The molecule has 2 heterocycles. The van der Waals surface area contributed by atoms with Crippen molar-refractivity contribution in [2.24, 2.45) is 5.92 Å². The molecule has 130 valence electrons. The number of aromatic nitrogens is 2. The predicted octanol–water partition coefficient (Wildman–Crippen LogP) is 2.05. The van der Waals surface area contributed by atoms with E-state index in [2.05, 4.69) is 35.8 Å². The number of piperazine rings is 1. The van der Waals surface area contributed by atoms with Crippen LogP contribution < -0.4 is 0 Å². The van der Waals surface area contributed by atoms with Gasteiger partial charge >= 0.3 is 0 Å². The van der Waals surface area contributed by atoms with E-state index < -0.39 is 0 Å². The summed E-state index contributed by atoms with van der Waals surface area (Å²) in [6, 6.07) is 0. The van der Waals surface area contributed by atoms with Gasteiger partial charge < -0.3 is 9.42 Å². The number of hydrogen-bond acceptors (Lipinski definition) is 6. The molecule has 1 fully saturated rings. The van der Waals surface area contributed by atoms with Crippen LogP contribution in [0.25, 0.3) is 0 Å². The molecular formula is C16H28N4O2S. The molecule has 0 saturated carbocycles. The van der Waals surface area contributed by atoms with Crippen LogP contribution in [-0.2, 0) is 17.8 Å². The van der Waals surface area contributed by atoms with E-state index in [-0.39, 0.29) is 5.25 Å². The Hall–Kier alpha value is -1.08. The Labute approximate surface area is 143 Å². The van der Waals surface area contributed by atoms with Crippen molar-refractivity contribution in [1.82, 2.24) is 19.9 Å². The first-order chi connectivity index (χ1) is 11.0. The van der Waals surface area contributed by atoms with Gasteiger partial charge in [0, 0.05) is 32.6 Å². The van der Waals surface area contributed by atoms with E-state index in [0.717, 1.165) is 44.2 Å². The highest BCUT2D eigenvalue weighted by Gasteiger charge is 2.29. The smallest absolute Gasteiger partial charge is 0.236 e. The third-order valence-corrected chi connectivity index (χ3v) is 5.50. The van der Waals surface area contributed by atoms with Crippen molar-refractivity contribution in [2.75, 3.05) is 31.9 Å². The minimum atomic E-state index is 0.0795. The number of hydrogen-bond donors (Lipinski definition) is 0. The predicted molar refractivity (Wildman–Crippen MR) is 92.3 cm³/mol. The molecule has 0 bridgehead atoms. The van der Waals surface area contributed by atoms with Crippen molar-refractivity contribution in [3.63, 3.8) is 0 Å². The van der Waals surface area contributed by atoms with Gasteiger partial charge in [0.15, 0.2) is 5.82 Å². The molecule has 1 aromatic rings. The largest absolute Gasteiger partial charge is 0.339 e. The van der Waals surface area contributed by atoms with Gasteiger partial charge in [-0.1, -0.05) is 32.9 Å². The lowest BCUT2D eigenvalue weighted by atomic mass is 10.1. The van der Waals surface area contributed by atoms with Gasteiger partial charge in [0.2, 0.25) is 11.8 Å². The number of thioether (sulfide) groups is 1. The first-order valence-corrected chi connectivity index (χ1v) is 9.54. The summed E-state index contributed by atoms with van der Waals surface area (Å²) in [6.07, 6.45) is 0.765. The minimum Gasteiger partial charge on any atom is -0.339 e. The maximum absolute atomic E-state index is 12.7. The third kappa shape index (κ3) is 4.94. The molecule has 6 nitrogen and oxygen atoms in total. The van der Waals surface area contributed by atoms with Crippen LogP contribution in [0.3, 0.4) is 0 Å². The topological polar surface area (TPSA) is 62.5 Å². The van der Waals surface area contributed by atoms with Gasteiger partial charge in [0.1, 0.15) is 0 Å². The maximum Gasteiger partial charge on any atom is 0.236 e. The van der Waals surface area contributed by atoms with Crippen molar-refractivity contribution in [2.45, 2.75) is 45.9 Å². The molecule has 0 spiro atoms. The first kappa shape index (κ1) is 18.3. The minimum absolute atomic E-state index is 0.0795. The second-order valence-corrected chi connectivity index (χ2v) is 7.60. The van der Waals surface area contributed by atoms with Crippen LogP contribution in [0.4, 0.5) is 0 Å². The Morgan fingerprint density at radius 2 is 1.96 bits per heavy atom. The summed E-state index contributed by atoms with van der Waals surface area (Å²) < 4.78 is 5.14. The Bertz CT molecular complexity index is 498. The van der Waals surface area contributed by atoms with Crippen LogP contribution >= 0.6 is 11.8 Å². The average molecular weight is 340 g/mol. The van der Waals surface area contributed by atoms with E-state index >= 15 is 0 Å². The zero-order valence-corrected chi connectivity index (χ0v) is 15.4. The van der Waals surface area contributed by atoms with Crippen molar-refractivity contribution in [3.05, 3.63) is 11.7 Å². The van der Waals surface area contributed by atoms with Crippen LogP contribution in [0, 0.1) is 5.92 Å². The summed E-state index contributed by atoms with van der Waals surface area (Å²) >= 11 is 1.76. The lowest BCUT2D eigenvalue weighted by Crippen LogP contribution is -2.51. The molecule has 1 aromatic heterocycles. The fourth-order valence-corrected chi connectivity index (χ4v) is 3.77. The van der Waals surface area contributed by atoms with Gasteiger partial charge in [-0.15, -0.1) is 11.8 Å². The standard InChI is InChI=1S/C16H28N4O2S/c1-5-14-17-13(18-22-14)11-19-7-9-20(10-8-19)16(21)15(12(3)4)23-6-2/h12,15H,5-11H2,1-4H3/t15-/m1/s1. The fourth-order valence-electron chi connectivity index (χ4n) is 2.73. The zero-order valence-electron chi connectivity index (χ0n) is 14.6. The molecule has 1 atom stereocenters. The Morgan fingerprint density at radius 1 is 1.26 bits per heavy atom. The summed E-state index contributed by atoms with van der Waals surface area (Å²) in [7, 11) is 0. The van der Waals surface area contributed by atoms with Crippen LogP contribution in [0.15, 0.2) is 4.52 Å². The van der Waals surface area contributed by atoms with Gasteiger partial charge in [-0.3, -0.25) is 9.69 Å². The molecule has 1 amide bonds. The summed E-state index contributed by atoms with van der Waals surface area (Å²) in [5.74, 6) is 3.07. The van der Waals surface area contributed by atoms with Crippen molar-refractivity contribution in [3.8, 4) is 0 Å². The fraction of sp³-hybridized carbons (Fsp3) is 0.812. The van der Waals surface area contributed by atoms with E-state index in [1.54, 1.807) is 11.8 Å². The molecule has 1 aliphatic rings. The molecule has 7 heteroatoms. The van der Waals surface area contributed by atoms with Gasteiger partial charge in [-0.25, -0.2) is 0 Å². The van der Waals surface area contributed by atoms with Gasteiger partial charge in [-0.2, -0.15) is 4.98 Å². The van der Waals surface area contributed by atoms with Gasteiger partial charge in [-0.05, 0) is 11.7 Å². The molecule has 23 heavy (non-hydrogen) atoms. The molecule has 2 rings (SSSR count). The third-order valence-electron chi connectivity index (χ3n) is 4.06. The van der Waals surface area contributed by atoms with Crippen LogP contribution in [0.5, 0.6) is 0 Å². The van der Waals surface area contributed by atoms with Crippen molar-refractivity contribution in [1.29, 1.82) is 0 Å². The lowest BCUT2D eigenvalue weighted by molar-refractivity contribution is -0.133. The first-order valence-electron chi connectivity index (χ1n) is 8.49. The summed E-state index contributed by atoms with van der Waals surface area (Å²) in [4.78, 5) is 21.3. The quantitative estimate of drug-likeness (QED) is 0.757.